The molecule has 12 nitrogen and oxygen atoms in total. The van der Waals surface area contributed by atoms with E-state index in [-0.39, 0.29) is 39.9 Å². The topological polar surface area (TPSA) is 175 Å². The molecule has 0 aliphatic rings. The molecule has 0 heterocycles. The molecule has 0 aliphatic heterocycles. The van der Waals surface area contributed by atoms with Crippen molar-refractivity contribution < 1.29 is 28.8 Å². The summed E-state index contributed by atoms with van der Waals surface area (Å²) in [6, 6.07) is 42.9. The van der Waals surface area contributed by atoms with Crippen molar-refractivity contribution in [1.29, 1.82) is 0 Å². The fourth-order valence-corrected chi connectivity index (χ4v) is 5.90. The van der Waals surface area contributed by atoms with Gasteiger partial charge in [0.25, 0.3) is 35.4 Å². The van der Waals surface area contributed by atoms with Gasteiger partial charge < -0.3 is 31.9 Å². The number of nitrogens with one attached hydrogen (secondary N) is 6. The Labute approximate surface area is 352 Å². The number of anilines is 4. The van der Waals surface area contributed by atoms with Crippen LogP contribution in [0.2, 0.25) is 0 Å². The fourth-order valence-electron chi connectivity index (χ4n) is 5.90. The third-order valence-corrected chi connectivity index (χ3v) is 8.79. The zero-order chi connectivity index (χ0) is 43.1. The largest absolute Gasteiger partial charge is 0.322 e. The number of allylic oxidation sites excluding steroid dienone is 3. The number of hydrogen-bond acceptors (Lipinski definition) is 6. The predicted molar refractivity (Wildman–Crippen MR) is 237 cm³/mol. The number of benzene rings is 6. The van der Waals surface area contributed by atoms with Crippen LogP contribution in [0, 0.1) is 0 Å². The van der Waals surface area contributed by atoms with Crippen LogP contribution in [-0.4, -0.2) is 35.4 Å². The molecule has 0 saturated heterocycles. The minimum Gasteiger partial charge on any atom is -0.322 e. The predicted octanol–water partition coefficient (Wildman–Crippen LogP) is 8.83. The Morgan fingerprint density at radius 1 is 0.393 bits per heavy atom. The molecule has 6 rings (SSSR count). The van der Waals surface area contributed by atoms with Crippen LogP contribution < -0.4 is 31.9 Å². The number of rotatable bonds is 14. The average Bonchev–Trinajstić information content (AvgIpc) is 3.27. The van der Waals surface area contributed by atoms with E-state index >= 15 is 0 Å². The Morgan fingerprint density at radius 2 is 0.721 bits per heavy atom. The van der Waals surface area contributed by atoms with Gasteiger partial charge in [-0.05, 0) is 110 Å². The first-order valence-electron chi connectivity index (χ1n) is 19.0. The quantitative estimate of drug-likeness (QED) is 0.0600. The summed E-state index contributed by atoms with van der Waals surface area (Å²) in [5, 5.41) is 16.6. The second-order valence-corrected chi connectivity index (χ2v) is 13.4. The van der Waals surface area contributed by atoms with E-state index in [4.69, 9.17) is 0 Å². The van der Waals surface area contributed by atoms with Crippen LogP contribution in [0.3, 0.4) is 0 Å². The minimum absolute atomic E-state index is 0.0310. The molecule has 0 unspecified atom stereocenters. The summed E-state index contributed by atoms with van der Waals surface area (Å²) in [6.07, 6.45) is 4.74. The molecule has 0 bridgehead atoms. The summed E-state index contributed by atoms with van der Waals surface area (Å²) < 4.78 is 0. The van der Waals surface area contributed by atoms with Crippen LogP contribution in [0.15, 0.2) is 194 Å². The first-order valence-corrected chi connectivity index (χ1v) is 19.0. The highest BCUT2D eigenvalue weighted by molar-refractivity contribution is 6.12. The number of carbonyl (C=O) groups excluding carboxylic acids is 6. The lowest BCUT2D eigenvalue weighted by molar-refractivity contribution is 0.0960. The number of amides is 6. The standard InChI is InChI=1S/C49H40N6O6/c1-3-15-39(26-32(2)50-44(56)33-16-7-4-8-17-33)51-47(59)36-27-37(48(60)54-42-24-13-22-40(30-42)52-45(57)34-18-9-5-10-19-34)29-38(28-36)49(61)55-43-25-14-23-41(31-43)53-46(58)35-20-11-6-12-21-35/h3-31H,2H2,1H3,(H,50,56)(H,51,59)(H,52,57)(H,53,58)(H,54,60)(H,55,61). The van der Waals surface area contributed by atoms with Crippen LogP contribution in [0.1, 0.15) is 69.1 Å². The molecular weight excluding hydrogens is 769 g/mol. The van der Waals surface area contributed by atoms with E-state index in [1.165, 1.54) is 24.3 Å². The summed E-state index contributed by atoms with van der Waals surface area (Å²) in [6.45, 7) is 5.64. The maximum absolute atomic E-state index is 13.9. The van der Waals surface area contributed by atoms with E-state index in [0.29, 0.717) is 39.4 Å². The Balaban J connectivity index is 1.25. The van der Waals surface area contributed by atoms with Gasteiger partial charge in [-0.15, -0.1) is 0 Å². The van der Waals surface area contributed by atoms with Crippen molar-refractivity contribution in [3.63, 3.8) is 0 Å². The van der Waals surface area contributed by atoms with Crippen molar-refractivity contribution in [2.75, 3.05) is 21.3 Å². The van der Waals surface area contributed by atoms with Crippen molar-refractivity contribution >= 4 is 58.2 Å². The molecule has 6 amide bonds. The van der Waals surface area contributed by atoms with Gasteiger partial charge >= 0.3 is 0 Å². The number of carbonyl (C=O) groups is 6. The maximum atomic E-state index is 13.9. The van der Waals surface area contributed by atoms with Gasteiger partial charge in [-0.25, -0.2) is 0 Å². The summed E-state index contributed by atoms with van der Waals surface area (Å²) in [5.74, 6) is -3.04. The average molecular weight is 809 g/mol. The van der Waals surface area contributed by atoms with Crippen LogP contribution in [0.4, 0.5) is 22.7 Å². The Hall–Kier alpha value is -8.64. The van der Waals surface area contributed by atoms with Crippen molar-refractivity contribution in [2.24, 2.45) is 0 Å². The summed E-state index contributed by atoms with van der Waals surface area (Å²) in [5.41, 5.74) is 3.19. The van der Waals surface area contributed by atoms with Gasteiger partial charge in [0.15, 0.2) is 0 Å². The Kier molecular flexibility index (Phi) is 13.9. The third-order valence-electron chi connectivity index (χ3n) is 8.79. The molecule has 0 radical (unpaired) electrons. The van der Waals surface area contributed by atoms with Crippen molar-refractivity contribution in [1.82, 2.24) is 10.6 Å². The molecule has 0 aliphatic carbocycles. The van der Waals surface area contributed by atoms with Gasteiger partial charge in [0.2, 0.25) is 0 Å². The summed E-state index contributed by atoms with van der Waals surface area (Å²) >= 11 is 0. The van der Waals surface area contributed by atoms with Crippen LogP contribution in [0.25, 0.3) is 0 Å². The van der Waals surface area contributed by atoms with Crippen LogP contribution in [-0.2, 0) is 0 Å². The monoisotopic (exact) mass is 808 g/mol. The normalized spacial score (nSPS) is 10.9. The molecule has 61 heavy (non-hydrogen) atoms. The van der Waals surface area contributed by atoms with Crippen molar-refractivity contribution in [3.05, 3.63) is 227 Å². The zero-order valence-electron chi connectivity index (χ0n) is 32.9. The second kappa shape index (κ2) is 20.2. The van der Waals surface area contributed by atoms with E-state index in [1.807, 2.05) is 0 Å². The van der Waals surface area contributed by atoms with E-state index < -0.39 is 23.6 Å². The highest BCUT2D eigenvalue weighted by Crippen LogP contribution is 2.21. The molecule has 6 N–H and O–H groups in total. The Bertz CT molecular complexity index is 2550. The van der Waals surface area contributed by atoms with Crippen LogP contribution >= 0.6 is 0 Å². The molecule has 6 aromatic rings. The first-order chi connectivity index (χ1) is 29.5. The van der Waals surface area contributed by atoms with Gasteiger partial charge in [-0.1, -0.05) is 79.4 Å². The van der Waals surface area contributed by atoms with Crippen molar-refractivity contribution in [3.8, 4) is 0 Å². The van der Waals surface area contributed by atoms with Gasteiger partial charge in [0.05, 0.1) is 0 Å². The maximum Gasteiger partial charge on any atom is 0.255 e. The van der Waals surface area contributed by atoms with E-state index in [2.05, 4.69) is 38.5 Å². The Morgan fingerprint density at radius 3 is 1.10 bits per heavy atom. The molecule has 6 aromatic carbocycles. The molecule has 0 aromatic heterocycles. The smallest absolute Gasteiger partial charge is 0.255 e. The SMILES string of the molecule is C=C(C=C(C=CC)NC(=O)c1cc(C(=O)Nc2cccc(NC(=O)c3ccccc3)c2)cc(C(=O)Nc2cccc(NC(=O)c3ccccc3)c2)c1)NC(=O)c1ccccc1. The summed E-state index contributed by atoms with van der Waals surface area (Å²) in [4.78, 5) is 79.9. The first kappa shape index (κ1) is 42.0. The lowest BCUT2D eigenvalue weighted by Gasteiger charge is -2.13. The molecule has 0 spiro atoms. The lowest BCUT2D eigenvalue weighted by atomic mass is 10.0. The fraction of sp³-hybridized carbons (Fsp3) is 0.0204. The zero-order valence-corrected chi connectivity index (χ0v) is 32.9. The highest BCUT2D eigenvalue weighted by Gasteiger charge is 2.19. The van der Waals surface area contributed by atoms with Gasteiger partial charge in [-0.3, -0.25) is 28.8 Å². The molecule has 0 saturated carbocycles. The molecule has 0 atom stereocenters. The van der Waals surface area contributed by atoms with E-state index in [1.54, 1.807) is 159 Å². The molecule has 12 heteroatoms. The summed E-state index contributed by atoms with van der Waals surface area (Å²) in [7, 11) is 0. The van der Waals surface area contributed by atoms with Gasteiger partial charge in [0.1, 0.15) is 0 Å². The second-order valence-electron chi connectivity index (χ2n) is 13.4. The highest BCUT2D eigenvalue weighted by atomic mass is 16.2. The molecule has 302 valence electrons. The number of hydrogen-bond donors (Lipinski definition) is 6. The minimum atomic E-state index is -0.675. The van der Waals surface area contributed by atoms with E-state index in [0.717, 1.165) is 0 Å². The van der Waals surface area contributed by atoms with Crippen molar-refractivity contribution in [2.45, 2.75) is 6.92 Å². The van der Waals surface area contributed by atoms with Gasteiger partial charge in [0, 0.05) is 67.5 Å². The van der Waals surface area contributed by atoms with E-state index in [9.17, 15) is 28.8 Å². The molecule has 0 fully saturated rings. The lowest BCUT2D eigenvalue weighted by Crippen LogP contribution is -2.26. The van der Waals surface area contributed by atoms with Crippen LogP contribution in [0.5, 0.6) is 0 Å². The molecular formula is C49H40N6O6. The van der Waals surface area contributed by atoms with Gasteiger partial charge in [-0.2, -0.15) is 0 Å². The third kappa shape index (κ3) is 11.9.